The molecular formula is C15H12BrN5O. The standard InChI is InChI=1S/C15H12BrN5O/c1-10-5-6-12(8-14(10)16)18-15(22)11-3-2-4-13(7-11)21-9-17-19-20-21/h2-9H,1H3,(H,18,22). The van der Waals surface area contributed by atoms with Gasteiger partial charge in [0.05, 0.1) is 5.69 Å². The predicted molar refractivity (Wildman–Crippen MR) is 86.0 cm³/mol. The lowest BCUT2D eigenvalue weighted by molar-refractivity contribution is 0.102. The van der Waals surface area contributed by atoms with Gasteiger partial charge in [0.2, 0.25) is 0 Å². The first-order valence-electron chi connectivity index (χ1n) is 6.54. The van der Waals surface area contributed by atoms with Crippen LogP contribution in [0.2, 0.25) is 0 Å². The molecular weight excluding hydrogens is 346 g/mol. The molecule has 0 aliphatic heterocycles. The normalized spacial score (nSPS) is 10.5. The highest BCUT2D eigenvalue weighted by Gasteiger charge is 2.09. The van der Waals surface area contributed by atoms with E-state index in [9.17, 15) is 4.79 Å². The fourth-order valence-electron chi connectivity index (χ4n) is 1.94. The number of carbonyl (C=O) groups is 1. The monoisotopic (exact) mass is 357 g/mol. The number of hydrogen-bond donors (Lipinski definition) is 1. The lowest BCUT2D eigenvalue weighted by Gasteiger charge is -2.08. The number of amides is 1. The first-order chi connectivity index (χ1) is 10.6. The van der Waals surface area contributed by atoms with Crippen molar-refractivity contribution in [3.05, 3.63) is 64.4 Å². The molecule has 0 saturated heterocycles. The van der Waals surface area contributed by atoms with Gasteiger partial charge in [0.1, 0.15) is 6.33 Å². The predicted octanol–water partition coefficient (Wildman–Crippen LogP) is 2.99. The van der Waals surface area contributed by atoms with Crippen LogP contribution in [0.4, 0.5) is 5.69 Å². The molecule has 0 spiro atoms. The van der Waals surface area contributed by atoms with Crippen molar-refractivity contribution in [3.63, 3.8) is 0 Å². The summed E-state index contributed by atoms with van der Waals surface area (Å²) in [4.78, 5) is 12.3. The Morgan fingerprint density at radius 3 is 2.82 bits per heavy atom. The molecule has 0 bridgehead atoms. The maximum absolute atomic E-state index is 12.3. The summed E-state index contributed by atoms with van der Waals surface area (Å²) in [5, 5.41) is 13.8. The van der Waals surface area contributed by atoms with Gasteiger partial charge in [-0.1, -0.05) is 28.1 Å². The van der Waals surface area contributed by atoms with Gasteiger partial charge in [-0.25, -0.2) is 4.68 Å². The molecule has 0 saturated carbocycles. The molecule has 22 heavy (non-hydrogen) atoms. The van der Waals surface area contributed by atoms with Crippen molar-refractivity contribution in [2.24, 2.45) is 0 Å². The van der Waals surface area contributed by atoms with Gasteiger partial charge in [0, 0.05) is 15.7 Å². The molecule has 0 fully saturated rings. The molecule has 1 heterocycles. The quantitative estimate of drug-likeness (QED) is 0.781. The van der Waals surface area contributed by atoms with Crippen LogP contribution in [0.25, 0.3) is 5.69 Å². The lowest BCUT2D eigenvalue weighted by Crippen LogP contribution is -2.12. The Hall–Kier alpha value is -2.54. The Labute approximate surface area is 135 Å². The number of aryl methyl sites for hydroxylation is 1. The van der Waals surface area contributed by atoms with Gasteiger partial charge < -0.3 is 5.32 Å². The third-order valence-corrected chi connectivity index (χ3v) is 4.01. The van der Waals surface area contributed by atoms with Crippen molar-refractivity contribution in [3.8, 4) is 5.69 Å². The number of halogens is 1. The number of rotatable bonds is 3. The number of tetrazole rings is 1. The van der Waals surface area contributed by atoms with Crippen LogP contribution in [0.15, 0.2) is 53.3 Å². The van der Waals surface area contributed by atoms with Gasteiger partial charge >= 0.3 is 0 Å². The van der Waals surface area contributed by atoms with E-state index < -0.39 is 0 Å². The second kappa shape index (κ2) is 6.07. The minimum Gasteiger partial charge on any atom is -0.322 e. The van der Waals surface area contributed by atoms with Crippen LogP contribution in [0, 0.1) is 6.92 Å². The van der Waals surface area contributed by atoms with E-state index >= 15 is 0 Å². The molecule has 1 aromatic heterocycles. The van der Waals surface area contributed by atoms with Gasteiger partial charge in [0.15, 0.2) is 0 Å². The molecule has 0 aliphatic carbocycles. The maximum Gasteiger partial charge on any atom is 0.255 e. The maximum atomic E-state index is 12.3. The Kier molecular flexibility index (Phi) is 3.97. The SMILES string of the molecule is Cc1ccc(NC(=O)c2cccc(-n3cnnn3)c2)cc1Br. The molecule has 1 N–H and O–H groups in total. The first kappa shape index (κ1) is 14.4. The van der Waals surface area contributed by atoms with E-state index in [-0.39, 0.29) is 5.91 Å². The molecule has 0 atom stereocenters. The summed E-state index contributed by atoms with van der Waals surface area (Å²) in [6.45, 7) is 1.99. The van der Waals surface area contributed by atoms with Crippen LogP contribution in [0.1, 0.15) is 15.9 Å². The Bertz CT molecular complexity index is 817. The number of aromatic nitrogens is 4. The average Bonchev–Trinajstić information content (AvgIpc) is 3.05. The average molecular weight is 358 g/mol. The van der Waals surface area contributed by atoms with Crippen LogP contribution in [0.3, 0.4) is 0 Å². The molecule has 0 aliphatic rings. The molecule has 3 rings (SSSR count). The van der Waals surface area contributed by atoms with Crippen molar-refractivity contribution >= 4 is 27.5 Å². The Balaban J connectivity index is 1.83. The number of nitrogens with one attached hydrogen (secondary N) is 1. The number of anilines is 1. The summed E-state index contributed by atoms with van der Waals surface area (Å²) < 4.78 is 2.45. The van der Waals surface area contributed by atoms with Crippen molar-refractivity contribution in [2.75, 3.05) is 5.32 Å². The molecule has 3 aromatic rings. The summed E-state index contributed by atoms with van der Waals surface area (Å²) in [5.74, 6) is -0.189. The number of benzene rings is 2. The van der Waals surface area contributed by atoms with Gasteiger partial charge in [0.25, 0.3) is 5.91 Å². The fraction of sp³-hybridized carbons (Fsp3) is 0.0667. The minimum atomic E-state index is -0.189. The van der Waals surface area contributed by atoms with Gasteiger partial charge in [-0.15, -0.1) is 5.10 Å². The smallest absolute Gasteiger partial charge is 0.255 e. The van der Waals surface area contributed by atoms with Gasteiger partial charge in [-0.3, -0.25) is 4.79 Å². The van der Waals surface area contributed by atoms with E-state index in [2.05, 4.69) is 36.8 Å². The lowest BCUT2D eigenvalue weighted by atomic mass is 10.1. The highest BCUT2D eigenvalue weighted by Crippen LogP contribution is 2.21. The van der Waals surface area contributed by atoms with Crippen LogP contribution in [-0.4, -0.2) is 26.1 Å². The largest absolute Gasteiger partial charge is 0.322 e. The van der Waals surface area contributed by atoms with E-state index in [1.165, 1.54) is 11.0 Å². The zero-order chi connectivity index (χ0) is 15.5. The van der Waals surface area contributed by atoms with E-state index in [0.717, 1.165) is 21.4 Å². The van der Waals surface area contributed by atoms with Crippen LogP contribution in [0.5, 0.6) is 0 Å². The van der Waals surface area contributed by atoms with Gasteiger partial charge in [-0.05, 0) is 53.2 Å². The van der Waals surface area contributed by atoms with Crippen molar-refractivity contribution < 1.29 is 4.79 Å². The van der Waals surface area contributed by atoms with Crippen LogP contribution < -0.4 is 5.32 Å². The fourth-order valence-corrected chi connectivity index (χ4v) is 2.32. The van der Waals surface area contributed by atoms with E-state index in [1.54, 1.807) is 18.2 Å². The first-order valence-corrected chi connectivity index (χ1v) is 7.34. The van der Waals surface area contributed by atoms with Gasteiger partial charge in [-0.2, -0.15) is 0 Å². The Morgan fingerprint density at radius 2 is 2.09 bits per heavy atom. The zero-order valence-electron chi connectivity index (χ0n) is 11.7. The molecule has 110 valence electrons. The second-order valence-electron chi connectivity index (χ2n) is 4.72. The molecule has 1 amide bonds. The molecule has 7 heteroatoms. The molecule has 2 aromatic carbocycles. The zero-order valence-corrected chi connectivity index (χ0v) is 13.3. The molecule has 0 radical (unpaired) electrons. The molecule has 6 nitrogen and oxygen atoms in total. The summed E-state index contributed by atoms with van der Waals surface area (Å²) >= 11 is 3.45. The number of carbonyl (C=O) groups excluding carboxylic acids is 1. The van der Waals surface area contributed by atoms with E-state index in [1.807, 2.05) is 31.2 Å². The Morgan fingerprint density at radius 1 is 1.23 bits per heavy atom. The van der Waals surface area contributed by atoms with Crippen molar-refractivity contribution in [1.29, 1.82) is 0 Å². The number of nitrogens with zero attached hydrogens (tertiary/aromatic N) is 4. The number of hydrogen-bond acceptors (Lipinski definition) is 4. The van der Waals surface area contributed by atoms with E-state index in [4.69, 9.17) is 0 Å². The third kappa shape index (κ3) is 3.04. The second-order valence-corrected chi connectivity index (χ2v) is 5.58. The summed E-state index contributed by atoms with van der Waals surface area (Å²) in [6, 6.07) is 12.8. The van der Waals surface area contributed by atoms with Crippen molar-refractivity contribution in [2.45, 2.75) is 6.92 Å². The van der Waals surface area contributed by atoms with Crippen LogP contribution >= 0.6 is 15.9 Å². The van der Waals surface area contributed by atoms with E-state index in [0.29, 0.717) is 5.56 Å². The third-order valence-electron chi connectivity index (χ3n) is 3.15. The minimum absolute atomic E-state index is 0.189. The van der Waals surface area contributed by atoms with Crippen molar-refractivity contribution in [1.82, 2.24) is 20.2 Å². The topological polar surface area (TPSA) is 72.7 Å². The summed E-state index contributed by atoms with van der Waals surface area (Å²) in [7, 11) is 0. The summed E-state index contributed by atoms with van der Waals surface area (Å²) in [5.41, 5.74) is 3.10. The molecule has 0 unspecified atom stereocenters. The highest BCUT2D eigenvalue weighted by atomic mass is 79.9. The van der Waals surface area contributed by atoms with Crippen LogP contribution in [-0.2, 0) is 0 Å². The summed E-state index contributed by atoms with van der Waals surface area (Å²) in [6.07, 6.45) is 1.48. The highest BCUT2D eigenvalue weighted by molar-refractivity contribution is 9.10.